The lowest BCUT2D eigenvalue weighted by Gasteiger charge is -2.39. The van der Waals surface area contributed by atoms with E-state index in [1.54, 1.807) is 12.3 Å². The van der Waals surface area contributed by atoms with Crippen LogP contribution in [-0.2, 0) is 4.74 Å². The Morgan fingerprint density at radius 2 is 1.88 bits per heavy atom. The lowest BCUT2D eigenvalue weighted by Crippen LogP contribution is -2.60. The second-order valence-electron chi connectivity index (χ2n) is 6.22. The van der Waals surface area contributed by atoms with Gasteiger partial charge in [-0.2, -0.15) is 0 Å². The molecule has 8 heteroatoms. The number of nitrogens with zero attached hydrogens (tertiary/aromatic N) is 2. The largest absolute Gasteiger partial charge is 0.461 e. The zero-order valence-corrected chi connectivity index (χ0v) is 14.0. The van der Waals surface area contributed by atoms with Crippen molar-refractivity contribution in [1.82, 2.24) is 4.98 Å². The summed E-state index contributed by atoms with van der Waals surface area (Å²) in [5.74, 6) is 0.415. The Bertz CT molecular complexity index is 738. The molecule has 4 N–H and O–H groups in total. The van der Waals surface area contributed by atoms with Crippen molar-refractivity contribution < 1.29 is 29.9 Å². The van der Waals surface area contributed by atoms with Crippen LogP contribution in [0.25, 0.3) is 10.9 Å². The van der Waals surface area contributed by atoms with E-state index in [4.69, 9.17) is 9.47 Å². The molecule has 1 saturated heterocycles. The Kier molecular flexibility index (Phi) is 5.07. The highest BCUT2D eigenvalue weighted by molar-refractivity contribution is 5.88. The molecule has 0 bridgehead atoms. The van der Waals surface area contributed by atoms with Gasteiger partial charge in [-0.25, -0.2) is 0 Å². The lowest BCUT2D eigenvalue weighted by atomic mass is 9.99. The lowest BCUT2D eigenvalue weighted by molar-refractivity contribution is -0.277. The van der Waals surface area contributed by atoms with Crippen LogP contribution in [0.3, 0.4) is 0 Å². The topological polar surface area (TPSA) is 116 Å². The minimum absolute atomic E-state index is 0.415. The highest BCUT2D eigenvalue weighted by atomic mass is 16.7. The summed E-state index contributed by atoms with van der Waals surface area (Å²) in [6, 6.07) is 7.29. The van der Waals surface area contributed by atoms with Crippen LogP contribution in [0.5, 0.6) is 5.75 Å². The summed E-state index contributed by atoms with van der Waals surface area (Å²) < 4.78 is 11.2. The molecule has 0 radical (unpaired) electrons. The molecular formula is C17H22N2O6. The molecule has 2 aromatic rings. The fourth-order valence-electron chi connectivity index (χ4n) is 2.78. The first-order chi connectivity index (χ1) is 11.9. The Labute approximate surface area is 144 Å². The van der Waals surface area contributed by atoms with E-state index >= 15 is 0 Å². The van der Waals surface area contributed by atoms with Crippen molar-refractivity contribution in [1.29, 1.82) is 0 Å². The van der Waals surface area contributed by atoms with Gasteiger partial charge in [0.15, 0.2) is 0 Å². The van der Waals surface area contributed by atoms with Gasteiger partial charge < -0.3 is 34.8 Å². The van der Waals surface area contributed by atoms with Gasteiger partial charge in [0.25, 0.3) is 0 Å². The molecule has 0 unspecified atom stereocenters. The van der Waals surface area contributed by atoms with Crippen LogP contribution in [0.1, 0.15) is 0 Å². The van der Waals surface area contributed by atoms with Crippen LogP contribution in [0.2, 0.25) is 0 Å². The maximum atomic E-state index is 10.1. The number of ether oxygens (including phenoxy) is 2. The molecule has 0 amide bonds. The zero-order chi connectivity index (χ0) is 18.1. The molecule has 3 rings (SSSR count). The van der Waals surface area contributed by atoms with E-state index in [1.807, 2.05) is 37.2 Å². The molecule has 0 aliphatic carbocycles. The van der Waals surface area contributed by atoms with Gasteiger partial charge in [-0.05, 0) is 24.3 Å². The van der Waals surface area contributed by atoms with Gasteiger partial charge in [0.2, 0.25) is 6.29 Å². The van der Waals surface area contributed by atoms with Crippen molar-refractivity contribution in [2.75, 3.05) is 25.6 Å². The SMILES string of the molecule is CN(C)c1ccc2nccc(O[C@@H]3O[C@H](CO)[C@@H](O)[C@H](O)[C@H]3O)c2c1. The summed E-state index contributed by atoms with van der Waals surface area (Å²) in [6.45, 7) is -0.507. The third-order valence-electron chi connectivity index (χ3n) is 4.29. The van der Waals surface area contributed by atoms with Gasteiger partial charge in [-0.15, -0.1) is 0 Å². The number of hydrogen-bond acceptors (Lipinski definition) is 8. The van der Waals surface area contributed by atoms with E-state index in [2.05, 4.69) is 4.98 Å². The molecule has 136 valence electrons. The Morgan fingerprint density at radius 3 is 2.56 bits per heavy atom. The highest BCUT2D eigenvalue weighted by Gasteiger charge is 2.44. The number of fused-ring (bicyclic) bond motifs is 1. The number of benzene rings is 1. The third-order valence-corrected chi connectivity index (χ3v) is 4.29. The van der Waals surface area contributed by atoms with Gasteiger partial charge in [0, 0.05) is 31.4 Å². The first-order valence-corrected chi connectivity index (χ1v) is 7.95. The third kappa shape index (κ3) is 3.39. The molecule has 1 aromatic carbocycles. The Hall–Kier alpha value is -1.97. The van der Waals surface area contributed by atoms with E-state index in [1.165, 1.54) is 0 Å². The van der Waals surface area contributed by atoms with Crippen LogP contribution >= 0.6 is 0 Å². The van der Waals surface area contributed by atoms with Gasteiger partial charge in [-0.1, -0.05) is 0 Å². The normalized spacial score (nSPS) is 29.6. The van der Waals surface area contributed by atoms with Crippen molar-refractivity contribution in [3.63, 3.8) is 0 Å². The smallest absolute Gasteiger partial charge is 0.229 e. The summed E-state index contributed by atoms with van der Waals surface area (Å²) in [7, 11) is 3.82. The number of aliphatic hydroxyl groups is 4. The van der Waals surface area contributed by atoms with Crippen molar-refractivity contribution in [3.05, 3.63) is 30.5 Å². The van der Waals surface area contributed by atoms with Crippen LogP contribution in [0.4, 0.5) is 5.69 Å². The minimum atomic E-state index is -1.48. The molecule has 1 aliphatic rings. The predicted molar refractivity (Wildman–Crippen MR) is 90.5 cm³/mol. The average Bonchev–Trinajstić information content (AvgIpc) is 2.61. The van der Waals surface area contributed by atoms with E-state index in [0.29, 0.717) is 16.7 Å². The molecular weight excluding hydrogens is 328 g/mol. The summed E-state index contributed by atoms with van der Waals surface area (Å²) in [6.07, 6.45) is -5.05. The van der Waals surface area contributed by atoms with Crippen LogP contribution < -0.4 is 9.64 Å². The van der Waals surface area contributed by atoms with Gasteiger partial charge >= 0.3 is 0 Å². The molecule has 25 heavy (non-hydrogen) atoms. The van der Waals surface area contributed by atoms with Crippen molar-refractivity contribution in [2.24, 2.45) is 0 Å². The van der Waals surface area contributed by atoms with E-state index in [9.17, 15) is 20.4 Å². The summed E-state index contributed by atoms with van der Waals surface area (Å²) in [4.78, 5) is 6.22. The molecule has 1 aliphatic heterocycles. The quantitative estimate of drug-likeness (QED) is 0.582. The van der Waals surface area contributed by atoms with E-state index in [0.717, 1.165) is 5.69 Å². The molecule has 0 spiro atoms. The van der Waals surface area contributed by atoms with Crippen LogP contribution in [0.15, 0.2) is 30.5 Å². The van der Waals surface area contributed by atoms with Gasteiger partial charge in [0.1, 0.15) is 30.2 Å². The van der Waals surface area contributed by atoms with E-state index in [-0.39, 0.29) is 0 Å². The summed E-state index contributed by atoms with van der Waals surface area (Å²) in [5.41, 5.74) is 1.65. The molecule has 0 saturated carbocycles. The average molecular weight is 350 g/mol. The molecule has 8 nitrogen and oxygen atoms in total. The van der Waals surface area contributed by atoms with Crippen molar-refractivity contribution in [3.8, 4) is 5.75 Å². The maximum absolute atomic E-state index is 10.1. The fourth-order valence-corrected chi connectivity index (χ4v) is 2.78. The number of rotatable bonds is 4. The second-order valence-corrected chi connectivity index (χ2v) is 6.22. The van der Waals surface area contributed by atoms with E-state index < -0.39 is 37.3 Å². The number of anilines is 1. The maximum Gasteiger partial charge on any atom is 0.229 e. The van der Waals surface area contributed by atoms with Crippen molar-refractivity contribution >= 4 is 16.6 Å². The monoisotopic (exact) mass is 350 g/mol. The number of aromatic nitrogens is 1. The Balaban J connectivity index is 1.92. The fraction of sp³-hybridized carbons (Fsp3) is 0.471. The van der Waals surface area contributed by atoms with Crippen LogP contribution in [-0.4, -0.2) is 76.8 Å². The zero-order valence-electron chi connectivity index (χ0n) is 14.0. The van der Waals surface area contributed by atoms with Crippen LogP contribution in [0, 0.1) is 0 Å². The van der Waals surface area contributed by atoms with Gasteiger partial charge in [-0.3, -0.25) is 4.98 Å². The first kappa shape index (κ1) is 17.8. The first-order valence-electron chi connectivity index (χ1n) is 7.95. The highest BCUT2D eigenvalue weighted by Crippen LogP contribution is 2.31. The Morgan fingerprint density at radius 1 is 1.12 bits per heavy atom. The number of hydrogen-bond donors (Lipinski definition) is 4. The van der Waals surface area contributed by atoms with Gasteiger partial charge in [0.05, 0.1) is 12.1 Å². The molecule has 2 heterocycles. The summed E-state index contributed by atoms with van der Waals surface area (Å²) in [5, 5.41) is 39.8. The molecule has 5 atom stereocenters. The molecule has 1 aromatic heterocycles. The number of aliphatic hydroxyl groups excluding tert-OH is 4. The second kappa shape index (κ2) is 7.11. The number of pyridine rings is 1. The minimum Gasteiger partial charge on any atom is -0.461 e. The summed E-state index contributed by atoms with van der Waals surface area (Å²) >= 11 is 0. The van der Waals surface area contributed by atoms with Crippen molar-refractivity contribution in [2.45, 2.75) is 30.7 Å². The molecule has 1 fully saturated rings. The predicted octanol–water partition coefficient (Wildman–Crippen LogP) is -0.521. The standard InChI is InChI=1S/C17H22N2O6/c1-19(2)9-3-4-11-10(7-9)12(5-6-18-11)24-17-16(23)15(22)14(21)13(8-20)25-17/h3-7,13-17,20-23H,8H2,1-2H3/t13-,14-,15+,16-,17-/m1/s1.